The quantitative estimate of drug-likeness (QED) is 0.850. The van der Waals surface area contributed by atoms with Crippen LogP contribution in [0.2, 0.25) is 5.02 Å². The minimum atomic E-state index is 0.464. The van der Waals surface area contributed by atoms with Crippen LogP contribution in [-0.2, 0) is 6.42 Å². The summed E-state index contributed by atoms with van der Waals surface area (Å²) in [5.41, 5.74) is 7.21. The molecule has 1 aromatic heterocycles. The molecule has 0 aliphatic rings. The summed E-state index contributed by atoms with van der Waals surface area (Å²) in [6.07, 6.45) is 2.29. The Hall–Kier alpha value is -1.81. The van der Waals surface area contributed by atoms with E-state index in [4.69, 9.17) is 22.1 Å². The topological polar surface area (TPSA) is 61.0 Å². The number of anilines is 1. The number of nitrogens with zero attached hydrogens (tertiary/aromatic N) is 2. The second-order valence-electron chi connectivity index (χ2n) is 3.49. The van der Waals surface area contributed by atoms with Gasteiger partial charge in [0.2, 0.25) is 5.88 Å². The standard InChI is InChI=1S/C12H12ClN3O/c1-2-9-6-12(16-7-15-9)17-11-5-8(13)3-4-10(11)14/h3-7H,2,14H2,1H3. The molecule has 0 aliphatic heterocycles. The fourth-order valence-electron chi connectivity index (χ4n) is 1.34. The summed E-state index contributed by atoms with van der Waals surface area (Å²) in [6, 6.07) is 6.84. The Morgan fingerprint density at radius 3 is 2.88 bits per heavy atom. The second kappa shape index (κ2) is 5.01. The van der Waals surface area contributed by atoms with Crippen molar-refractivity contribution in [2.45, 2.75) is 13.3 Å². The highest BCUT2D eigenvalue weighted by molar-refractivity contribution is 6.30. The van der Waals surface area contributed by atoms with Gasteiger partial charge in [0, 0.05) is 22.8 Å². The molecule has 5 heteroatoms. The number of aromatic nitrogens is 2. The highest BCUT2D eigenvalue weighted by Crippen LogP contribution is 2.29. The number of nitrogens with two attached hydrogens (primary N) is 1. The number of hydrogen-bond donors (Lipinski definition) is 1. The Labute approximate surface area is 104 Å². The van der Waals surface area contributed by atoms with Crippen LogP contribution in [-0.4, -0.2) is 9.97 Å². The number of benzene rings is 1. The molecule has 2 N–H and O–H groups in total. The molecule has 0 unspecified atom stereocenters. The van der Waals surface area contributed by atoms with Crippen molar-refractivity contribution in [1.29, 1.82) is 0 Å². The monoisotopic (exact) mass is 249 g/mol. The van der Waals surface area contributed by atoms with Crippen molar-refractivity contribution in [1.82, 2.24) is 9.97 Å². The summed E-state index contributed by atoms with van der Waals surface area (Å²) in [5, 5.41) is 0.568. The molecule has 0 radical (unpaired) electrons. The van der Waals surface area contributed by atoms with Crippen LogP contribution in [0.3, 0.4) is 0 Å². The lowest BCUT2D eigenvalue weighted by atomic mass is 10.3. The Kier molecular flexibility index (Phi) is 3.44. The van der Waals surface area contributed by atoms with E-state index < -0.39 is 0 Å². The molecule has 88 valence electrons. The first kappa shape index (κ1) is 11.7. The fourth-order valence-corrected chi connectivity index (χ4v) is 1.50. The first-order valence-corrected chi connectivity index (χ1v) is 5.60. The SMILES string of the molecule is CCc1cc(Oc2cc(Cl)ccc2N)ncn1. The summed E-state index contributed by atoms with van der Waals surface area (Å²) in [5.74, 6) is 0.962. The zero-order chi connectivity index (χ0) is 12.3. The third-order valence-corrected chi connectivity index (χ3v) is 2.49. The van der Waals surface area contributed by atoms with Crippen LogP contribution >= 0.6 is 11.6 Å². The van der Waals surface area contributed by atoms with Gasteiger partial charge in [-0.3, -0.25) is 0 Å². The highest BCUT2D eigenvalue weighted by Gasteiger charge is 2.05. The van der Waals surface area contributed by atoms with Crippen LogP contribution in [0.15, 0.2) is 30.6 Å². The maximum atomic E-state index is 5.87. The maximum absolute atomic E-state index is 5.87. The predicted octanol–water partition coefficient (Wildman–Crippen LogP) is 3.07. The average Bonchev–Trinajstić information content (AvgIpc) is 2.34. The normalized spacial score (nSPS) is 10.2. The van der Waals surface area contributed by atoms with Crippen LogP contribution in [0, 0.1) is 0 Å². The van der Waals surface area contributed by atoms with E-state index >= 15 is 0 Å². The number of hydrogen-bond acceptors (Lipinski definition) is 4. The number of aryl methyl sites for hydroxylation is 1. The number of halogens is 1. The van der Waals surface area contributed by atoms with E-state index in [1.54, 1.807) is 24.3 Å². The summed E-state index contributed by atoms with van der Waals surface area (Å²) in [7, 11) is 0. The van der Waals surface area contributed by atoms with E-state index in [2.05, 4.69) is 9.97 Å². The third-order valence-electron chi connectivity index (χ3n) is 2.25. The molecule has 4 nitrogen and oxygen atoms in total. The van der Waals surface area contributed by atoms with E-state index in [-0.39, 0.29) is 0 Å². The van der Waals surface area contributed by atoms with Gasteiger partial charge in [-0.15, -0.1) is 0 Å². The van der Waals surface area contributed by atoms with Crippen molar-refractivity contribution in [3.63, 3.8) is 0 Å². The first-order chi connectivity index (χ1) is 8.19. The molecular weight excluding hydrogens is 238 g/mol. The van der Waals surface area contributed by atoms with Gasteiger partial charge in [-0.1, -0.05) is 18.5 Å². The minimum Gasteiger partial charge on any atom is -0.437 e. The van der Waals surface area contributed by atoms with Crippen LogP contribution < -0.4 is 10.5 Å². The Balaban J connectivity index is 2.27. The molecule has 0 spiro atoms. The number of nitrogen functional groups attached to an aromatic ring is 1. The van der Waals surface area contributed by atoms with Crippen molar-refractivity contribution >= 4 is 17.3 Å². The van der Waals surface area contributed by atoms with Crippen LogP contribution in [0.25, 0.3) is 0 Å². The zero-order valence-corrected chi connectivity index (χ0v) is 10.1. The second-order valence-corrected chi connectivity index (χ2v) is 3.92. The average molecular weight is 250 g/mol. The van der Waals surface area contributed by atoms with Crippen molar-refractivity contribution in [2.24, 2.45) is 0 Å². The molecule has 2 rings (SSSR count). The summed E-state index contributed by atoms with van der Waals surface area (Å²) in [6.45, 7) is 2.01. The predicted molar refractivity (Wildman–Crippen MR) is 67.3 cm³/mol. The summed E-state index contributed by atoms with van der Waals surface area (Å²) < 4.78 is 5.57. The molecule has 2 aromatic rings. The fraction of sp³-hybridized carbons (Fsp3) is 0.167. The molecule has 0 saturated carbocycles. The molecule has 0 fully saturated rings. The Bertz CT molecular complexity index is 531. The van der Waals surface area contributed by atoms with Gasteiger partial charge in [0.1, 0.15) is 6.33 Å². The molecule has 0 atom stereocenters. The summed E-state index contributed by atoms with van der Waals surface area (Å²) in [4.78, 5) is 8.11. The maximum Gasteiger partial charge on any atom is 0.222 e. The van der Waals surface area contributed by atoms with E-state index in [0.29, 0.717) is 22.3 Å². The van der Waals surface area contributed by atoms with Crippen LogP contribution in [0.5, 0.6) is 11.6 Å². The van der Waals surface area contributed by atoms with Crippen molar-refractivity contribution in [2.75, 3.05) is 5.73 Å². The molecule has 1 aromatic carbocycles. The van der Waals surface area contributed by atoms with Gasteiger partial charge in [-0.05, 0) is 18.6 Å². The van der Waals surface area contributed by atoms with E-state index in [1.165, 1.54) is 6.33 Å². The molecule has 0 saturated heterocycles. The van der Waals surface area contributed by atoms with Gasteiger partial charge in [0.25, 0.3) is 0 Å². The van der Waals surface area contributed by atoms with Gasteiger partial charge < -0.3 is 10.5 Å². The zero-order valence-electron chi connectivity index (χ0n) is 9.35. The van der Waals surface area contributed by atoms with Gasteiger partial charge in [-0.2, -0.15) is 0 Å². The highest BCUT2D eigenvalue weighted by atomic mass is 35.5. The van der Waals surface area contributed by atoms with Gasteiger partial charge in [0.05, 0.1) is 5.69 Å². The van der Waals surface area contributed by atoms with E-state index in [0.717, 1.165) is 12.1 Å². The molecule has 0 amide bonds. The third kappa shape index (κ3) is 2.85. The lowest BCUT2D eigenvalue weighted by Gasteiger charge is -2.08. The van der Waals surface area contributed by atoms with Crippen molar-refractivity contribution in [3.05, 3.63) is 41.3 Å². The lowest BCUT2D eigenvalue weighted by Crippen LogP contribution is -1.95. The smallest absolute Gasteiger partial charge is 0.222 e. The largest absolute Gasteiger partial charge is 0.437 e. The summed E-state index contributed by atoms with van der Waals surface area (Å²) >= 11 is 5.87. The Morgan fingerprint density at radius 2 is 2.12 bits per heavy atom. The van der Waals surface area contributed by atoms with Crippen molar-refractivity contribution < 1.29 is 4.74 Å². The first-order valence-electron chi connectivity index (χ1n) is 5.23. The molecular formula is C12H12ClN3O. The van der Waals surface area contributed by atoms with E-state index in [1.807, 2.05) is 6.92 Å². The van der Waals surface area contributed by atoms with Crippen molar-refractivity contribution in [3.8, 4) is 11.6 Å². The Morgan fingerprint density at radius 1 is 1.29 bits per heavy atom. The molecule has 17 heavy (non-hydrogen) atoms. The van der Waals surface area contributed by atoms with Gasteiger partial charge in [-0.25, -0.2) is 9.97 Å². The number of ether oxygens (including phenoxy) is 1. The van der Waals surface area contributed by atoms with Gasteiger partial charge in [0.15, 0.2) is 5.75 Å². The van der Waals surface area contributed by atoms with Gasteiger partial charge >= 0.3 is 0 Å². The number of rotatable bonds is 3. The molecule has 0 bridgehead atoms. The minimum absolute atomic E-state index is 0.464. The van der Waals surface area contributed by atoms with E-state index in [9.17, 15) is 0 Å². The molecule has 0 aliphatic carbocycles. The van der Waals surface area contributed by atoms with Crippen LogP contribution in [0.4, 0.5) is 5.69 Å². The van der Waals surface area contributed by atoms with Crippen LogP contribution in [0.1, 0.15) is 12.6 Å². The molecule has 1 heterocycles. The lowest BCUT2D eigenvalue weighted by molar-refractivity contribution is 0.462.